The molecule has 0 aromatic carbocycles. The minimum absolute atomic E-state index is 1.01. The molecule has 15 heavy (non-hydrogen) atoms. The molecule has 0 aromatic rings. The van der Waals surface area contributed by atoms with Gasteiger partial charge in [-0.15, -0.1) is 5.17 Å². The van der Waals surface area contributed by atoms with E-state index in [2.05, 4.69) is 12.3 Å². The van der Waals surface area contributed by atoms with Crippen molar-refractivity contribution < 1.29 is 4.84 Å². The molecule has 1 N–H and O–H groups in total. The second-order valence-corrected chi connectivity index (χ2v) is 4.06. The van der Waals surface area contributed by atoms with E-state index in [4.69, 9.17) is 4.84 Å². The van der Waals surface area contributed by atoms with Gasteiger partial charge in [-0.1, -0.05) is 51.9 Å². The maximum Gasteiger partial charge on any atom is 0.0591 e. The van der Waals surface area contributed by atoms with Crippen molar-refractivity contribution in [2.24, 2.45) is 0 Å². The lowest BCUT2D eigenvalue weighted by Crippen LogP contribution is -2.33. The number of hydrogen-bond acceptors (Lipinski definition) is 3. The van der Waals surface area contributed by atoms with Crippen molar-refractivity contribution in [2.75, 3.05) is 20.7 Å². The highest BCUT2D eigenvalue weighted by Gasteiger charge is 1.94. The van der Waals surface area contributed by atoms with E-state index in [-0.39, 0.29) is 0 Å². The number of nitrogens with one attached hydrogen (secondary N) is 1. The normalized spacial score (nSPS) is 11.2. The predicted molar refractivity (Wildman–Crippen MR) is 65.4 cm³/mol. The van der Waals surface area contributed by atoms with Crippen LogP contribution < -0.4 is 5.43 Å². The third-order valence-electron chi connectivity index (χ3n) is 2.64. The summed E-state index contributed by atoms with van der Waals surface area (Å²) in [7, 11) is 3.55. The van der Waals surface area contributed by atoms with Crippen molar-refractivity contribution in [2.45, 2.75) is 58.3 Å². The first kappa shape index (κ1) is 14.9. The van der Waals surface area contributed by atoms with Crippen LogP contribution in [0.25, 0.3) is 0 Å². The zero-order valence-corrected chi connectivity index (χ0v) is 10.7. The summed E-state index contributed by atoms with van der Waals surface area (Å²) >= 11 is 0. The second-order valence-electron chi connectivity index (χ2n) is 4.06. The van der Waals surface area contributed by atoms with Crippen LogP contribution in [0.15, 0.2) is 0 Å². The van der Waals surface area contributed by atoms with Gasteiger partial charge >= 0.3 is 0 Å². The monoisotopic (exact) mass is 216 g/mol. The summed E-state index contributed by atoms with van der Waals surface area (Å²) in [5, 5.41) is 1.65. The van der Waals surface area contributed by atoms with Gasteiger partial charge in [0.1, 0.15) is 0 Å². The maximum absolute atomic E-state index is 4.94. The third-order valence-corrected chi connectivity index (χ3v) is 2.64. The molecule has 0 aliphatic carbocycles. The quantitative estimate of drug-likeness (QED) is 0.424. The standard InChI is InChI=1S/C12H28N2O/c1-4-5-6-7-8-9-10-11-12-13-14(2)15-3/h13H,4-12H2,1-3H3. The Morgan fingerprint density at radius 3 is 2.00 bits per heavy atom. The van der Waals surface area contributed by atoms with Crippen LogP contribution in [0, 0.1) is 0 Å². The first-order chi connectivity index (χ1) is 7.31. The Balaban J connectivity index is 2.92. The lowest BCUT2D eigenvalue weighted by atomic mass is 10.1. The SMILES string of the molecule is CCCCCCCCCCNN(C)OC. The summed E-state index contributed by atoms with van der Waals surface area (Å²) < 4.78 is 0. The lowest BCUT2D eigenvalue weighted by molar-refractivity contribution is -0.149. The topological polar surface area (TPSA) is 24.5 Å². The number of unbranched alkanes of at least 4 members (excludes halogenated alkanes) is 7. The number of hydrogen-bond donors (Lipinski definition) is 1. The van der Waals surface area contributed by atoms with E-state index in [1.165, 1.54) is 51.4 Å². The minimum atomic E-state index is 1.01. The van der Waals surface area contributed by atoms with Gasteiger partial charge in [-0.05, 0) is 6.42 Å². The molecular weight excluding hydrogens is 188 g/mol. The molecule has 0 radical (unpaired) electrons. The highest BCUT2D eigenvalue weighted by molar-refractivity contribution is 4.47. The summed E-state index contributed by atoms with van der Waals surface area (Å²) in [5.41, 5.74) is 3.15. The Hall–Kier alpha value is -0.120. The highest BCUT2D eigenvalue weighted by atomic mass is 16.7. The smallest absolute Gasteiger partial charge is 0.0591 e. The van der Waals surface area contributed by atoms with E-state index in [1.807, 2.05) is 7.05 Å². The molecule has 0 atom stereocenters. The molecule has 0 aliphatic rings. The van der Waals surface area contributed by atoms with Crippen molar-refractivity contribution in [3.05, 3.63) is 0 Å². The zero-order chi connectivity index (χ0) is 11.4. The van der Waals surface area contributed by atoms with Crippen LogP contribution in [0.1, 0.15) is 58.3 Å². The Labute approximate surface area is 95.1 Å². The molecule has 92 valence electrons. The third kappa shape index (κ3) is 11.8. The zero-order valence-electron chi connectivity index (χ0n) is 10.7. The summed E-state index contributed by atoms with van der Waals surface area (Å²) in [6.45, 7) is 3.28. The molecule has 0 amide bonds. The Kier molecular flexibility index (Phi) is 11.9. The number of rotatable bonds is 11. The van der Waals surface area contributed by atoms with Crippen molar-refractivity contribution in [1.29, 1.82) is 0 Å². The summed E-state index contributed by atoms with van der Waals surface area (Å²) in [6, 6.07) is 0. The first-order valence-corrected chi connectivity index (χ1v) is 6.32. The molecule has 3 heteroatoms. The average Bonchev–Trinajstić information content (AvgIpc) is 2.26. The van der Waals surface area contributed by atoms with E-state index < -0.39 is 0 Å². The lowest BCUT2D eigenvalue weighted by Gasteiger charge is -2.14. The van der Waals surface area contributed by atoms with Crippen LogP contribution in [-0.4, -0.2) is 25.9 Å². The molecule has 0 spiro atoms. The van der Waals surface area contributed by atoms with Crippen LogP contribution >= 0.6 is 0 Å². The fourth-order valence-corrected chi connectivity index (χ4v) is 1.56. The molecule has 3 nitrogen and oxygen atoms in total. The highest BCUT2D eigenvalue weighted by Crippen LogP contribution is 2.07. The number of hydroxylamine groups is 1. The fourth-order valence-electron chi connectivity index (χ4n) is 1.56. The van der Waals surface area contributed by atoms with Gasteiger partial charge in [0.25, 0.3) is 0 Å². The van der Waals surface area contributed by atoms with Crippen molar-refractivity contribution in [1.82, 2.24) is 10.6 Å². The molecule has 0 fully saturated rings. The van der Waals surface area contributed by atoms with Gasteiger partial charge in [-0.2, -0.15) is 0 Å². The Morgan fingerprint density at radius 2 is 1.47 bits per heavy atom. The molecule has 0 saturated heterocycles. The van der Waals surface area contributed by atoms with E-state index in [0.29, 0.717) is 0 Å². The molecule has 0 rings (SSSR count). The van der Waals surface area contributed by atoms with Crippen LogP contribution in [0.2, 0.25) is 0 Å². The van der Waals surface area contributed by atoms with E-state index in [9.17, 15) is 0 Å². The largest absolute Gasteiger partial charge is 0.288 e. The van der Waals surface area contributed by atoms with Gasteiger partial charge in [0.15, 0.2) is 0 Å². The van der Waals surface area contributed by atoms with Crippen LogP contribution in [0.4, 0.5) is 0 Å². The minimum Gasteiger partial charge on any atom is -0.288 e. The number of nitrogens with zero attached hydrogens (tertiary/aromatic N) is 1. The molecule has 0 saturated carbocycles. The average molecular weight is 216 g/mol. The molecular formula is C12H28N2O. The molecule has 0 bridgehead atoms. The van der Waals surface area contributed by atoms with E-state index in [0.717, 1.165) is 6.54 Å². The van der Waals surface area contributed by atoms with Crippen molar-refractivity contribution >= 4 is 0 Å². The van der Waals surface area contributed by atoms with Gasteiger partial charge in [0.2, 0.25) is 0 Å². The second kappa shape index (κ2) is 12.0. The fraction of sp³-hybridized carbons (Fsp3) is 1.00. The number of hydrazine groups is 1. The van der Waals surface area contributed by atoms with Gasteiger partial charge in [0.05, 0.1) is 7.11 Å². The van der Waals surface area contributed by atoms with E-state index >= 15 is 0 Å². The van der Waals surface area contributed by atoms with E-state index in [1.54, 1.807) is 12.3 Å². The summed E-state index contributed by atoms with van der Waals surface area (Å²) in [5.74, 6) is 0. The summed E-state index contributed by atoms with van der Waals surface area (Å²) in [6.07, 6.45) is 10.9. The molecule has 0 aromatic heterocycles. The van der Waals surface area contributed by atoms with Gasteiger partial charge < -0.3 is 0 Å². The van der Waals surface area contributed by atoms with Gasteiger partial charge in [0, 0.05) is 13.6 Å². The maximum atomic E-state index is 4.94. The Bertz CT molecular complexity index is 120. The van der Waals surface area contributed by atoms with Crippen LogP contribution in [0.3, 0.4) is 0 Å². The van der Waals surface area contributed by atoms with Crippen LogP contribution in [-0.2, 0) is 4.84 Å². The first-order valence-electron chi connectivity index (χ1n) is 6.32. The summed E-state index contributed by atoms with van der Waals surface area (Å²) in [4.78, 5) is 4.94. The molecule has 0 heterocycles. The van der Waals surface area contributed by atoms with Gasteiger partial charge in [-0.3, -0.25) is 4.84 Å². The van der Waals surface area contributed by atoms with Crippen molar-refractivity contribution in [3.8, 4) is 0 Å². The molecule has 0 unspecified atom stereocenters. The van der Waals surface area contributed by atoms with Crippen LogP contribution in [0.5, 0.6) is 0 Å². The Morgan fingerprint density at radius 1 is 0.933 bits per heavy atom. The van der Waals surface area contributed by atoms with Gasteiger partial charge in [-0.25, -0.2) is 5.43 Å². The molecule has 0 aliphatic heterocycles. The predicted octanol–water partition coefficient (Wildman–Crippen LogP) is 3.12. The van der Waals surface area contributed by atoms with Crippen molar-refractivity contribution in [3.63, 3.8) is 0 Å².